The van der Waals surface area contributed by atoms with E-state index in [1.807, 2.05) is 20.8 Å². The van der Waals surface area contributed by atoms with Crippen LogP contribution in [0.4, 0.5) is 4.79 Å². The van der Waals surface area contributed by atoms with Gasteiger partial charge in [-0.1, -0.05) is 5.92 Å². The number of rotatable bonds is 5. The largest absolute Gasteiger partial charge is 0.444 e. The third kappa shape index (κ3) is 6.41. The molecule has 26 heavy (non-hydrogen) atoms. The third-order valence-corrected chi connectivity index (χ3v) is 4.02. The lowest BCUT2D eigenvalue weighted by Crippen LogP contribution is -2.41. The van der Waals surface area contributed by atoms with Gasteiger partial charge in [0.05, 0.1) is 0 Å². The van der Waals surface area contributed by atoms with Crippen molar-refractivity contribution in [2.75, 3.05) is 26.2 Å². The number of hydrogen-bond acceptors (Lipinski definition) is 4. The molecule has 2 amide bonds. The van der Waals surface area contributed by atoms with Gasteiger partial charge in [0.25, 0.3) is 5.91 Å². The summed E-state index contributed by atoms with van der Waals surface area (Å²) in [6, 6.07) is 7.03. The van der Waals surface area contributed by atoms with E-state index in [1.165, 1.54) is 0 Å². The molecule has 1 saturated heterocycles. The van der Waals surface area contributed by atoms with Gasteiger partial charge in [-0.25, -0.2) is 4.79 Å². The molecule has 0 aliphatic carbocycles. The Morgan fingerprint density at radius 2 is 2.00 bits per heavy atom. The van der Waals surface area contributed by atoms with Crippen molar-refractivity contribution in [1.82, 2.24) is 15.5 Å². The van der Waals surface area contributed by atoms with Crippen molar-refractivity contribution in [1.29, 1.82) is 0 Å². The fourth-order valence-electron chi connectivity index (χ4n) is 2.78. The van der Waals surface area contributed by atoms with Crippen molar-refractivity contribution in [2.45, 2.75) is 38.8 Å². The van der Waals surface area contributed by atoms with Gasteiger partial charge in [-0.2, -0.15) is 0 Å². The highest BCUT2D eigenvalue weighted by molar-refractivity contribution is 5.94. The lowest BCUT2D eigenvalue weighted by Gasteiger charge is -2.22. The summed E-state index contributed by atoms with van der Waals surface area (Å²) in [5.41, 5.74) is 0.850. The van der Waals surface area contributed by atoms with E-state index in [4.69, 9.17) is 11.2 Å². The lowest BCUT2D eigenvalue weighted by atomic mass is 10.1. The van der Waals surface area contributed by atoms with E-state index in [0.29, 0.717) is 12.1 Å². The SMILES string of the molecule is C#Cc1ccc(C(=O)NCCN2CCC(NC(=O)OC(C)(C)C)C2)cc1. The minimum Gasteiger partial charge on any atom is -0.444 e. The lowest BCUT2D eigenvalue weighted by molar-refractivity contribution is 0.0506. The molecule has 6 nitrogen and oxygen atoms in total. The Morgan fingerprint density at radius 3 is 2.62 bits per heavy atom. The molecule has 0 saturated carbocycles. The van der Waals surface area contributed by atoms with Gasteiger partial charge in [0, 0.05) is 43.3 Å². The number of benzene rings is 1. The van der Waals surface area contributed by atoms with Gasteiger partial charge in [-0.15, -0.1) is 6.42 Å². The van der Waals surface area contributed by atoms with Crippen LogP contribution in [0.5, 0.6) is 0 Å². The van der Waals surface area contributed by atoms with Gasteiger partial charge in [0.2, 0.25) is 0 Å². The molecule has 1 aromatic carbocycles. The first-order chi connectivity index (χ1) is 12.3. The van der Waals surface area contributed by atoms with Crippen LogP contribution in [0.1, 0.15) is 43.1 Å². The summed E-state index contributed by atoms with van der Waals surface area (Å²) in [7, 11) is 0. The van der Waals surface area contributed by atoms with Crippen LogP contribution in [0.15, 0.2) is 24.3 Å². The summed E-state index contributed by atoms with van der Waals surface area (Å²) in [5.74, 6) is 2.41. The zero-order valence-corrected chi connectivity index (χ0v) is 15.7. The summed E-state index contributed by atoms with van der Waals surface area (Å²) in [4.78, 5) is 26.1. The number of carbonyl (C=O) groups is 2. The molecule has 0 spiro atoms. The maximum absolute atomic E-state index is 12.1. The molecule has 1 heterocycles. The molecule has 0 bridgehead atoms. The van der Waals surface area contributed by atoms with Crippen LogP contribution in [0.25, 0.3) is 0 Å². The quantitative estimate of drug-likeness (QED) is 0.791. The van der Waals surface area contributed by atoms with E-state index in [9.17, 15) is 9.59 Å². The Balaban J connectivity index is 1.68. The zero-order valence-electron chi connectivity index (χ0n) is 15.7. The van der Waals surface area contributed by atoms with Crippen molar-refractivity contribution in [3.63, 3.8) is 0 Å². The first-order valence-corrected chi connectivity index (χ1v) is 8.83. The molecule has 2 rings (SSSR count). The number of terminal acetylenes is 1. The summed E-state index contributed by atoms with van der Waals surface area (Å²) in [5, 5.41) is 5.80. The minimum absolute atomic E-state index is 0.0804. The average Bonchev–Trinajstić information content (AvgIpc) is 3.00. The van der Waals surface area contributed by atoms with E-state index in [2.05, 4.69) is 21.5 Å². The first kappa shape index (κ1) is 19.8. The molecule has 1 atom stereocenters. The van der Waals surface area contributed by atoms with Crippen LogP contribution >= 0.6 is 0 Å². The van der Waals surface area contributed by atoms with Gasteiger partial charge in [-0.05, 0) is 51.5 Å². The smallest absolute Gasteiger partial charge is 0.407 e. The van der Waals surface area contributed by atoms with Crippen molar-refractivity contribution < 1.29 is 14.3 Å². The summed E-state index contributed by atoms with van der Waals surface area (Å²) >= 11 is 0. The Hall–Kier alpha value is -2.52. The van der Waals surface area contributed by atoms with E-state index < -0.39 is 5.60 Å². The van der Waals surface area contributed by atoms with Crippen molar-refractivity contribution >= 4 is 12.0 Å². The normalized spacial score (nSPS) is 17.4. The van der Waals surface area contributed by atoms with Crippen LogP contribution in [-0.2, 0) is 4.74 Å². The molecule has 1 aliphatic heterocycles. The number of carbonyl (C=O) groups excluding carboxylic acids is 2. The minimum atomic E-state index is -0.495. The molecule has 1 aromatic rings. The molecule has 2 N–H and O–H groups in total. The molecule has 140 valence electrons. The maximum Gasteiger partial charge on any atom is 0.407 e. The van der Waals surface area contributed by atoms with E-state index in [0.717, 1.165) is 31.6 Å². The van der Waals surface area contributed by atoms with Gasteiger partial charge < -0.3 is 15.4 Å². The fraction of sp³-hybridized carbons (Fsp3) is 0.500. The topological polar surface area (TPSA) is 70.7 Å². The standard InChI is InChI=1S/C20H27N3O3/c1-5-15-6-8-16(9-7-15)18(24)21-11-13-23-12-10-17(14-23)22-19(25)26-20(2,3)4/h1,6-9,17H,10-14H2,2-4H3,(H,21,24)(H,22,25). The monoisotopic (exact) mass is 357 g/mol. The number of nitrogens with one attached hydrogen (secondary N) is 2. The van der Waals surface area contributed by atoms with Crippen LogP contribution < -0.4 is 10.6 Å². The van der Waals surface area contributed by atoms with Crippen LogP contribution in [0, 0.1) is 12.3 Å². The van der Waals surface area contributed by atoms with Crippen LogP contribution in [-0.4, -0.2) is 54.7 Å². The number of nitrogens with zero attached hydrogens (tertiary/aromatic N) is 1. The van der Waals surface area contributed by atoms with Crippen molar-refractivity contribution in [3.8, 4) is 12.3 Å². The molecular formula is C20H27N3O3. The number of hydrogen-bond donors (Lipinski definition) is 2. The van der Waals surface area contributed by atoms with E-state index in [-0.39, 0.29) is 18.0 Å². The first-order valence-electron chi connectivity index (χ1n) is 8.83. The molecule has 0 radical (unpaired) electrons. The zero-order chi connectivity index (χ0) is 19.2. The van der Waals surface area contributed by atoms with E-state index >= 15 is 0 Å². The second-order valence-electron chi connectivity index (χ2n) is 7.41. The van der Waals surface area contributed by atoms with Gasteiger partial charge in [-0.3, -0.25) is 9.69 Å². The van der Waals surface area contributed by atoms with Crippen LogP contribution in [0.2, 0.25) is 0 Å². The summed E-state index contributed by atoms with van der Waals surface area (Å²) < 4.78 is 5.28. The molecule has 1 unspecified atom stereocenters. The van der Waals surface area contributed by atoms with E-state index in [1.54, 1.807) is 24.3 Å². The number of ether oxygens (including phenoxy) is 1. The molecule has 6 heteroatoms. The average molecular weight is 357 g/mol. The summed E-state index contributed by atoms with van der Waals surface area (Å²) in [6.07, 6.45) is 5.80. The predicted molar refractivity (Wildman–Crippen MR) is 101 cm³/mol. The van der Waals surface area contributed by atoms with Gasteiger partial charge >= 0.3 is 6.09 Å². The molecule has 1 aliphatic rings. The molecular weight excluding hydrogens is 330 g/mol. The van der Waals surface area contributed by atoms with Gasteiger partial charge in [0.1, 0.15) is 5.60 Å². The second kappa shape index (κ2) is 8.72. The number of amides is 2. The Labute approximate surface area is 155 Å². The highest BCUT2D eigenvalue weighted by atomic mass is 16.6. The number of likely N-dealkylation sites (tertiary alicyclic amines) is 1. The van der Waals surface area contributed by atoms with Crippen LogP contribution in [0.3, 0.4) is 0 Å². The molecule has 0 aromatic heterocycles. The highest BCUT2D eigenvalue weighted by Crippen LogP contribution is 2.11. The predicted octanol–water partition coefficient (Wildman–Crippen LogP) is 2.00. The molecule has 1 fully saturated rings. The highest BCUT2D eigenvalue weighted by Gasteiger charge is 2.25. The Bertz CT molecular complexity index is 671. The van der Waals surface area contributed by atoms with Crippen molar-refractivity contribution in [2.24, 2.45) is 0 Å². The third-order valence-electron chi connectivity index (χ3n) is 4.02. The Kier molecular flexibility index (Phi) is 6.64. The fourth-order valence-corrected chi connectivity index (χ4v) is 2.78. The maximum atomic E-state index is 12.1. The number of alkyl carbamates (subject to hydrolysis) is 1. The van der Waals surface area contributed by atoms with Crippen molar-refractivity contribution in [3.05, 3.63) is 35.4 Å². The van der Waals surface area contributed by atoms with Gasteiger partial charge in [0.15, 0.2) is 0 Å². The Morgan fingerprint density at radius 1 is 1.31 bits per heavy atom. The summed E-state index contributed by atoms with van der Waals surface area (Å²) in [6.45, 7) is 8.46. The second-order valence-corrected chi connectivity index (χ2v) is 7.41.